The number of unbranched alkanes of at least 4 members (excludes halogenated alkanes) is 15. The average Bonchev–Trinajstić information content (AvgIpc) is 2.58. The first-order valence-electron chi connectivity index (χ1n) is 10.6. The summed E-state index contributed by atoms with van der Waals surface area (Å²) in [5.74, 6) is 0. The van der Waals surface area contributed by atoms with Crippen molar-refractivity contribution in [2.75, 3.05) is 13.7 Å². The molecule has 0 saturated carbocycles. The Morgan fingerprint density at radius 3 is 1.26 bits per heavy atom. The van der Waals surface area contributed by atoms with Gasteiger partial charge in [-0.25, -0.2) is 0 Å². The summed E-state index contributed by atoms with van der Waals surface area (Å²) in [5.41, 5.74) is 0. The molecule has 2 N–H and O–H groups in total. The average molecular weight is 328 g/mol. The topological polar surface area (TPSA) is 32.3 Å². The van der Waals surface area contributed by atoms with E-state index >= 15 is 0 Å². The fraction of sp³-hybridized carbons (Fsp3) is 1.00. The lowest BCUT2D eigenvalue weighted by Crippen LogP contribution is -2.28. The van der Waals surface area contributed by atoms with Gasteiger partial charge in [-0.3, -0.25) is 0 Å². The van der Waals surface area contributed by atoms with Gasteiger partial charge in [0.25, 0.3) is 0 Å². The Kier molecular flexibility index (Phi) is 19.9. The van der Waals surface area contributed by atoms with Gasteiger partial charge in [-0.1, -0.05) is 110 Å². The molecule has 0 heterocycles. The first kappa shape index (κ1) is 22.9. The number of rotatable bonds is 19. The molecule has 2 nitrogen and oxygen atoms in total. The minimum absolute atomic E-state index is 0.273. The highest BCUT2D eigenvalue weighted by molar-refractivity contribution is 4.62. The van der Waals surface area contributed by atoms with Gasteiger partial charge in [0, 0.05) is 6.04 Å². The van der Waals surface area contributed by atoms with E-state index in [9.17, 15) is 0 Å². The minimum atomic E-state index is 0.273. The first-order valence-corrected chi connectivity index (χ1v) is 10.6. The third-order valence-electron chi connectivity index (χ3n) is 5.03. The molecule has 0 spiro atoms. The number of aliphatic hydroxyl groups excluding tert-OH is 1. The Morgan fingerprint density at radius 2 is 0.957 bits per heavy atom. The first-order chi connectivity index (χ1) is 11.3. The third kappa shape index (κ3) is 18.1. The lowest BCUT2D eigenvalue weighted by Gasteiger charge is -2.12. The van der Waals surface area contributed by atoms with Crippen molar-refractivity contribution in [3.63, 3.8) is 0 Å². The van der Waals surface area contributed by atoms with Gasteiger partial charge in [0.2, 0.25) is 0 Å². The van der Waals surface area contributed by atoms with Gasteiger partial charge in [-0.15, -0.1) is 0 Å². The number of likely N-dealkylation sites (N-methyl/N-ethyl adjacent to an activating group) is 1. The molecule has 0 amide bonds. The van der Waals surface area contributed by atoms with Gasteiger partial charge < -0.3 is 10.4 Å². The molecule has 1 unspecified atom stereocenters. The van der Waals surface area contributed by atoms with E-state index in [0.29, 0.717) is 6.04 Å². The van der Waals surface area contributed by atoms with Crippen LogP contribution in [-0.4, -0.2) is 24.8 Å². The maximum Gasteiger partial charge on any atom is 0.0584 e. The van der Waals surface area contributed by atoms with Gasteiger partial charge in [0.05, 0.1) is 6.61 Å². The van der Waals surface area contributed by atoms with Crippen LogP contribution >= 0.6 is 0 Å². The van der Waals surface area contributed by atoms with E-state index in [1.54, 1.807) is 0 Å². The molecule has 0 bridgehead atoms. The van der Waals surface area contributed by atoms with Crippen molar-refractivity contribution in [2.45, 2.75) is 122 Å². The lowest BCUT2D eigenvalue weighted by atomic mass is 10.0. The standard InChI is InChI=1S/C21H45NO/c1-3-4-5-6-7-8-9-10-11-12-13-14-15-16-17-18-19-21(20-23)22-2/h21-23H,3-20H2,1-2H3. The molecule has 0 rings (SSSR count). The van der Waals surface area contributed by atoms with E-state index in [1.807, 2.05) is 7.05 Å². The van der Waals surface area contributed by atoms with Crippen LogP contribution in [0.15, 0.2) is 0 Å². The highest BCUT2D eigenvalue weighted by Gasteiger charge is 2.02. The van der Waals surface area contributed by atoms with Crippen LogP contribution in [0.1, 0.15) is 116 Å². The molecule has 0 fully saturated rings. The predicted octanol–water partition coefficient (Wildman–Crippen LogP) is 6.22. The highest BCUT2D eigenvalue weighted by atomic mass is 16.3. The Hall–Kier alpha value is -0.0800. The van der Waals surface area contributed by atoms with Gasteiger partial charge in [-0.05, 0) is 13.5 Å². The van der Waals surface area contributed by atoms with E-state index < -0.39 is 0 Å². The van der Waals surface area contributed by atoms with Gasteiger partial charge in [0.1, 0.15) is 0 Å². The summed E-state index contributed by atoms with van der Waals surface area (Å²) in [6.07, 6.45) is 23.8. The van der Waals surface area contributed by atoms with E-state index in [1.165, 1.54) is 103 Å². The highest BCUT2D eigenvalue weighted by Crippen LogP contribution is 2.14. The van der Waals surface area contributed by atoms with Crippen LogP contribution in [0.3, 0.4) is 0 Å². The Labute approximate surface area is 146 Å². The summed E-state index contributed by atoms with van der Waals surface area (Å²) in [6, 6.07) is 0.307. The summed E-state index contributed by atoms with van der Waals surface area (Å²) >= 11 is 0. The van der Waals surface area contributed by atoms with Crippen LogP contribution in [0.25, 0.3) is 0 Å². The predicted molar refractivity (Wildman–Crippen MR) is 104 cm³/mol. The quantitative estimate of drug-likeness (QED) is 0.276. The molecule has 0 aromatic heterocycles. The molecule has 0 radical (unpaired) electrons. The van der Waals surface area contributed by atoms with Crippen molar-refractivity contribution < 1.29 is 5.11 Å². The zero-order chi connectivity index (χ0) is 17.0. The molecule has 2 heteroatoms. The van der Waals surface area contributed by atoms with Crippen molar-refractivity contribution in [3.05, 3.63) is 0 Å². The van der Waals surface area contributed by atoms with Crippen molar-refractivity contribution in [3.8, 4) is 0 Å². The summed E-state index contributed by atoms with van der Waals surface area (Å²) < 4.78 is 0. The fourth-order valence-electron chi connectivity index (χ4n) is 3.27. The molecule has 0 aromatic carbocycles. The van der Waals surface area contributed by atoms with Crippen molar-refractivity contribution in [1.82, 2.24) is 5.32 Å². The SMILES string of the molecule is CCCCCCCCCCCCCCCCCCC(CO)NC. The third-order valence-corrected chi connectivity index (χ3v) is 5.03. The maximum absolute atomic E-state index is 9.09. The van der Waals surface area contributed by atoms with E-state index in [0.717, 1.165) is 6.42 Å². The lowest BCUT2D eigenvalue weighted by molar-refractivity contribution is 0.239. The number of aliphatic hydroxyl groups is 1. The number of hydrogen-bond acceptors (Lipinski definition) is 2. The summed E-state index contributed by atoms with van der Waals surface area (Å²) in [6.45, 7) is 2.56. The van der Waals surface area contributed by atoms with Crippen LogP contribution in [0.5, 0.6) is 0 Å². The van der Waals surface area contributed by atoms with Crippen molar-refractivity contribution in [2.24, 2.45) is 0 Å². The normalized spacial score (nSPS) is 12.7. The second kappa shape index (κ2) is 20.0. The Balaban J connectivity index is 3.02. The summed E-state index contributed by atoms with van der Waals surface area (Å²) in [4.78, 5) is 0. The second-order valence-corrected chi connectivity index (χ2v) is 7.26. The molecular formula is C21H45NO. The Morgan fingerprint density at radius 1 is 0.609 bits per heavy atom. The molecule has 23 heavy (non-hydrogen) atoms. The van der Waals surface area contributed by atoms with Gasteiger partial charge in [-0.2, -0.15) is 0 Å². The molecule has 0 aliphatic rings. The van der Waals surface area contributed by atoms with Crippen LogP contribution in [0.4, 0.5) is 0 Å². The number of hydrogen-bond donors (Lipinski definition) is 2. The molecule has 0 saturated heterocycles. The molecule has 0 aliphatic heterocycles. The zero-order valence-electron chi connectivity index (χ0n) is 16.3. The smallest absolute Gasteiger partial charge is 0.0584 e. The number of nitrogens with one attached hydrogen (secondary N) is 1. The molecule has 1 atom stereocenters. The van der Waals surface area contributed by atoms with Gasteiger partial charge in [0.15, 0.2) is 0 Å². The van der Waals surface area contributed by atoms with Gasteiger partial charge >= 0.3 is 0 Å². The molecule has 140 valence electrons. The van der Waals surface area contributed by atoms with Crippen molar-refractivity contribution in [1.29, 1.82) is 0 Å². The Bertz CT molecular complexity index is 204. The zero-order valence-corrected chi connectivity index (χ0v) is 16.3. The van der Waals surface area contributed by atoms with Crippen LogP contribution < -0.4 is 5.32 Å². The molecular weight excluding hydrogens is 282 g/mol. The summed E-state index contributed by atoms with van der Waals surface area (Å²) in [7, 11) is 1.94. The van der Waals surface area contributed by atoms with Crippen molar-refractivity contribution >= 4 is 0 Å². The molecule has 0 aliphatic carbocycles. The van der Waals surface area contributed by atoms with Crippen LogP contribution in [0.2, 0.25) is 0 Å². The van der Waals surface area contributed by atoms with Crippen LogP contribution in [0, 0.1) is 0 Å². The minimum Gasteiger partial charge on any atom is -0.395 e. The fourth-order valence-corrected chi connectivity index (χ4v) is 3.27. The summed E-state index contributed by atoms with van der Waals surface area (Å²) in [5, 5.41) is 12.2. The molecule has 0 aromatic rings. The monoisotopic (exact) mass is 327 g/mol. The second-order valence-electron chi connectivity index (χ2n) is 7.26. The maximum atomic E-state index is 9.09. The van der Waals surface area contributed by atoms with E-state index in [2.05, 4.69) is 12.2 Å². The van der Waals surface area contributed by atoms with Crippen LogP contribution in [-0.2, 0) is 0 Å². The van der Waals surface area contributed by atoms with E-state index in [-0.39, 0.29) is 6.61 Å². The van der Waals surface area contributed by atoms with E-state index in [4.69, 9.17) is 5.11 Å². The largest absolute Gasteiger partial charge is 0.395 e.